The van der Waals surface area contributed by atoms with Crippen molar-refractivity contribution in [2.75, 3.05) is 21.1 Å². The Morgan fingerprint density at radius 2 is 1.79 bits per heavy atom. The van der Waals surface area contributed by atoms with Crippen molar-refractivity contribution in [3.63, 3.8) is 0 Å². The van der Waals surface area contributed by atoms with Gasteiger partial charge in [-0.05, 0) is 106 Å². The number of nitrogens with one attached hydrogen (secondary N) is 4. The standard InChI is InChI=1S/C29H45N5/c1-10-23-21(18-31-7)14-20-15-24(19(2)13-25(20)23)26(32-8)11-12-27(30)34(9)22-16-28(3,4)33-29(5,6)17-22/h11-13,15,18,22,30-33H,10,14,16-17H2,1-9H3. The molecule has 0 bridgehead atoms. The van der Waals surface area contributed by atoms with Crippen molar-refractivity contribution in [2.45, 2.75) is 84.3 Å². The van der Waals surface area contributed by atoms with E-state index in [1.165, 1.54) is 32.7 Å². The summed E-state index contributed by atoms with van der Waals surface area (Å²) in [5, 5.41) is 21.7. The Bertz CT molecular complexity index is 1100. The summed E-state index contributed by atoms with van der Waals surface area (Å²) >= 11 is 0. The number of amidine groups is 1. The number of allylic oxidation sites excluding steroid dienone is 1. The van der Waals surface area contributed by atoms with E-state index in [1.807, 2.05) is 20.2 Å². The number of rotatable bonds is 6. The van der Waals surface area contributed by atoms with Gasteiger partial charge < -0.3 is 20.9 Å². The highest BCUT2D eigenvalue weighted by atomic mass is 15.2. The Labute approximate surface area is 206 Å². The smallest absolute Gasteiger partial charge is 0.120 e. The molecule has 1 aromatic carbocycles. The first-order valence-electron chi connectivity index (χ1n) is 12.6. The molecule has 4 N–H and O–H groups in total. The summed E-state index contributed by atoms with van der Waals surface area (Å²) in [6.07, 6.45) is 10.2. The molecule has 0 aromatic heterocycles. The van der Waals surface area contributed by atoms with Crippen LogP contribution >= 0.6 is 0 Å². The summed E-state index contributed by atoms with van der Waals surface area (Å²) in [6.45, 7) is 13.5. The van der Waals surface area contributed by atoms with Gasteiger partial charge in [0.1, 0.15) is 5.84 Å². The molecule has 34 heavy (non-hydrogen) atoms. The van der Waals surface area contributed by atoms with Crippen molar-refractivity contribution in [1.82, 2.24) is 20.9 Å². The number of hydrogen-bond donors (Lipinski definition) is 4. The fourth-order valence-electron chi connectivity index (χ4n) is 6.01. The topological polar surface area (TPSA) is 63.2 Å². The van der Waals surface area contributed by atoms with Crippen LogP contribution < -0.4 is 26.4 Å². The summed E-state index contributed by atoms with van der Waals surface area (Å²) in [7, 11) is 6.00. The molecule has 2 aliphatic rings. The third-order valence-corrected chi connectivity index (χ3v) is 7.28. The molecule has 0 atom stereocenters. The van der Waals surface area contributed by atoms with E-state index < -0.39 is 0 Å². The first-order valence-corrected chi connectivity index (χ1v) is 12.6. The largest absolute Gasteiger partial charge is 0.394 e. The first-order chi connectivity index (χ1) is 15.9. The third-order valence-electron chi connectivity index (χ3n) is 7.28. The second-order valence-electron chi connectivity index (χ2n) is 11.2. The van der Waals surface area contributed by atoms with Gasteiger partial charge in [0.2, 0.25) is 0 Å². The Balaban J connectivity index is 1.91. The molecule has 1 aliphatic carbocycles. The van der Waals surface area contributed by atoms with Gasteiger partial charge in [-0.2, -0.15) is 0 Å². The van der Waals surface area contributed by atoms with Gasteiger partial charge >= 0.3 is 0 Å². The number of nitrogens with zero attached hydrogens (tertiary/aromatic N) is 1. The molecule has 1 fully saturated rings. The highest BCUT2D eigenvalue weighted by Gasteiger charge is 2.39. The average molecular weight is 464 g/mol. The van der Waals surface area contributed by atoms with E-state index in [0.717, 1.165) is 31.4 Å². The molecule has 0 unspecified atom stereocenters. The summed E-state index contributed by atoms with van der Waals surface area (Å²) in [6, 6.07) is 5.00. The lowest BCUT2D eigenvalue weighted by Crippen LogP contribution is -2.62. The highest BCUT2D eigenvalue weighted by Crippen LogP contribution is 2.31. The summed E-state index contributed by atoms with van der Waals surface area (Å²) < 4.78 is 0. The van der Waals surface area contributed by atoms with Crippen LogP contribution in [0.2, 0.25) is 0 Å². The zero-order valence-corrected chi connectivity index (χ0v) is 22.7. The third kappa shape index (κ3) is 5.57. The molecule has 0 saturated carbocycles. The van der Waals surface area contributed by atoms with Crippen LogP contribution in [-0.4, -0.2) is 49.0 Å². The maximum Gasteiger partial charge on any atom is 0.120 e. The number of aryl methyl sites for hydroxylation is 1. The van der Waals surface area contributed by atoms with Crippen LogP contribution in [0.5, 0.6) is 0 Å². The van der Waals surface area contributed by atoms with E-state index in [1.54, 1.807) is 0 Å². The Kier molecular flexibility index (Phi) is 7.66. The van der Waals surface area contributed by atoms with E-state index in [2.05, 4.69) is 93.8 Å². The van der Waals surface area contributed by atoms with Crippen LogP contribution in [-0.2, 0) is 6.42 Å². The molecule has 1 saturated heterocycles. The van der Waals surface area contributed by atoms with E-state index in [4.69, 9.17) is 5.41 Å². The Hall–Kier alpha value is -2.53. The van der Waals surface area contributed by atoms with Gasteiger partial charge in [-0.15, -0.1) is 0 Å². The molecule has 0 radical (unpaired) electrons. The zero-order valence-electron chi connectivity index (χ0n) is 22.7. The lowest BCUT2D eigenvalue weighted by molar-refractivity contribution is 0.114. The highest BCUT2D eigenvalue weighted by molar-refractivity contribution is 5.92. The van der Waals surface area contributed by atoms with E-state index in [-0.39, 0.29) is 11.1 Å². The number of likely N-dealkylation sites (N-methyl/N-ethyl adjacent to an activating group) is 2. The van der Waals surface area contributed by atoms with Crippen molar-refractivity contribution in [2.24, 2.45) is 0 Å². The van der Waals surface area contributed by atoms with Crippen LogP contribution in [0.3, 0.4) is 0 Å². The number of piperidine rings is 1. The van der Waals surface area contributed by atoms with Gasteiger partial charge in [0, 0.05) is 55.4 Å². The minimum absolute atomic E-state index is 0.0589. The normalized spacial score (nSPS) is 21.6. The van der Waals surface area contributed by atoms with Crippen LogP contribution in [0.25, 0.3) is 11.3 Å². The minimum atomic E-state index is 0.0589. The molecule has 1 aromatic rings. The van der Waals surface area contributed by atoms with Crippen LogP contribution in [0, 0.1) is 12.3 Å². The predicted molar refractivity (Wildman–Crippen MR) is 146 cm³/mol. The Morgan fingerprint density at radius 1 is 1.15 bits per heavy atom. The van der Waals surface area contributed by atoms with Gasteiger partial charge in [-0.25, -0.2) is 0 Å². The maximum atomic E-state index is 8.78. The Morgan fingerprint density at radius 3 is 2.35 bits per heavy atom. The molecule has 0 spiro atoms. The van der Waals surface area contributed by atoms with Crippen molar-refractivity contribution in [1.29, 1.82) is 5.41 Å². The lowest BCUT2D eigenvalue weighted by Gasteiger charge is -2.49. The average Bonchev–Trinajstić information content (AvgIpc) is 3.07. The summed E-state index contributed by atoms with van der Waals surface area (Å²) in [4.78, 5) is 2.14. The van der Waals surface area contributed by atoms with Gasteiger partial charge in [0.15, 0.2) is 0 Å². The predicted octanol–water partition coefficient (Wildman–Crippen LogP) is 3.32. The van der Waals surface area contributed by atoms with Crippen molar-refractivity contribution in [3.8, 4) is 0 Å². The molecule has 186 valence electrons. The first kappa shape index (κ1) is 26.1. The van der Waals surface area contributed by atoms with Gasteiger partial charge in [0.05, 0.1) is 0 Å². The molecule has 1 aliphatic heterocycles. The van der Waals surface area contributed by atoms with E-state index in [0.29, 0.717) is 11.9 Å². The SMILES string of the molecule is CCC1=c2cc(C)c(=C(C=CC(=N)N(C)C3CC(C)(C)NC(C)(C)C3)NC)cc2CC1=CNC. The van der Waals surface area contributed by atoms with Gasteiger partial charge in [-0.1, -0.05) is 13.0 Å². The lowest BCUT2D eigenvalue weighted by atomic mass is 9.79. The van der Waals surface area contributed by atoms with Crippen LogP contribution in [0.15, 0.2) is 36.1 Å². The van der Waals surface area contributed by atoms with Crippen LogP contribution in [0.1, 0.15) is 65.0 Å². The van der Waals surface area contributed by atoms with Crippen molar-refractivity contribution < 1.29 is 0 Å². The number of fused-ring (bicyclic) bond motifs is 1. The summed E-state index contributed by atoms with van der Waals surface area (Å²) in [5.74, 6) is 0.547. The van der Waals surface area contributed by atoms with Crippen molar-refractivity contribution >= 4 is 17.1 Å². The molecule has 1 heterocycles. The molecule has 3 rings (SSSR count). The monoisotopic (exact) mass is 463 g/mol. The quantitative estimate of drug-likeness (QED) is 0.386. The molecule has 5 heteroatoms. The van der Waals surface area contributed by atoms with E-state index in [9.17, 15) is 0 Å². The fraction of sp³-hybridized carbons (Fsp3) is 0.552. The maximum absolute atomic E-state index is 8.78. The minimum Gasteiger partial charge on any atom is -0.394 e. The van der Waals surface area contributed by atoms with Crippen molar-refractivity contribution in [3.05, 3.63) is 57.6 Å². The summed E-state index contributed by atoms with van der Waals surface area (Å²) in [5.41, 5.74) is 6.63. The molecular formula is C29H45N5. The second kappa shape index (κ2) is 9.99. The molecular weight excluding hydrogens is 418 g/mol. The zero-order chi connectivity index (χ0) is 25.3. The van der Waals surface area contributed by atoms with Gasteiger partial charge in [-0.3, -0.25) is 5.41 Å². The van der Waals surface area contributed by atoms with E-state index >= 15 is 0 Å². The molecule has 5 nitrogen and oxygen atoms in total. The molecule has 0 amide bonds. The second-order valence-corrected chi connectivity index (χ2v) is 11.2. The van der Waals surface area contributed by atoms with Crippen LogP contribution in [0.4, 0.5) is 0 Å². The number of hydrogen-bond acceptors (Lipinski definition) is 4. The number of benzene rings is 1. The fourth-order valence-corrected chi connectivity index (χ4v) is 6.01. The van der Waals surface area contributed by atoms with Gasteiger partial charge in [0.25, 0.3) is 0 Å².